The highest BCUT2D eigenvalue weighted by Gasteiger charge is 2.43. The van der Waals surface area contributed by atoms with Crippen LogP contribution >= 0.6 is 0 Å². The summed E-state index contributed by atoms with van der Waals surface area (Å²) < 4.78 is 4.51. The molecule has 12 heavy (non-hydrogen) atoms. The van der Waals surface area contributed by atoms with Gasteiger partial charge in [0.2, 0.25) is 0 Å². The Balaban J connectivity index is 2.39. The molecule has 1 saturated carbocycles. The van der Waals surface area contributed by atoms with Gasteiger partial charge in [-0.25, -0.2) is 0 Å². The van der Waals surface area contributed by atoms with Crippen molar-refractivity contribution < 1.29 is 19.7 Å². The molecule has 1 fully saturated rings. The lowest BCUT2D eigenvalue weighted by Gasteiger charge is -2.25. The number of carbonyl (C=O) groups is 1. The van der Waals surface area contributed by atoms with Crippen LogP contribution in [0.3, 0.4) is 0 Å². The molecule has 2 N–H and O–H groups in total. The lowest BCUT2D eigenvalue weighted by molar-refractivity contribution is -0.139. The fraction of sp³-hybridized carbons (Fsp3) is 0.875. The smallest absolute Gasteiger partial charge is 0.293 e. The first-order valence-electron chi connectivity index (χ1n) is 4.11. The minimum absolute atomic E-state index is 0.00171. The van der Waals surface area contributed by atoms with E-state index in [1.54, 1.807) is 0 Å². The molecular weight excluding hydrogens is 160 g/mol. The Hall–Kier alpha value is -0.610. The van der Waals surface area contributed by atoms with Crippen LogP contribution in [0.15, 0.2) is 0 Å². The van der Waals surface area contributed by atoms with Crippen LogP contribution in [-0.2, 0) is 9.53 Å². The molecule has 4 nitrogen and oxygen atoms in total. The Labute approximate surface area is 71.2 Å². The van der Waals surface area contributed by atoms with E-state index in [1.165, 1.54) is 0 Å². The summed E-state index contributed by atoms with van der Waals surface area (Å²) in [5, 5.41) is 18.5. The summed E-state index contributed by atoms with van der Waals surface area (Å²) in [6.45, 7) is 0.252. The van der Waals surface area contributed by atoms with E-state index in [1.807, 2.05) is 0 Å². The minimum Gasteiger partial charge on any atom is -0.465 e. The fourth-order valence-corrected chi connectivity index (χ4v) is 1.39. The average molecular weight is 174 g/mol. The van der Waals surface area contributed by atoms with Crippen molar-refractivity contribution in [3.8, 4) is 0 Å². The molecule has 0 aromatic carbocycles. The molecule has 70 valence electrons. The summed E-state index contributed by atoms with van der Waals surface area (Å²) in [4.78, 5) is 9.90. The maximum Gasteiger partial charge on any atom is 0.293 e. The highest BCUT2D eigenvalue weighted by molar-refractivity contribution is 5.37. The van der Waals surface area contributed by atoms with Gasteiger partial charge in [-0.05, 0) is 18.8 Å². The van der Waals surface area contributed by atoms with Crippen LogP contribution in [0, 0.1) is 5.92 Å². The number of rotatable bonds is 6. The maximum atomic E-state index is 9.90. The zero-order valence-corrected chi connectivity index (χ0v) is 6.90. The molecule has 1 aliphatic carbocycles. The van der Waals surface area contributed by atoms with Crippen LogP contribution in [0.4, 0.5) is 0 Å². The van der Waals surface area contributed by atoms with Crippen molar-refractivity contribution in [3.05, 3.63) is 0 Å². The van der Waals surface area contributed by atoms with E-state index in [-0.39, 0.29) is 25.6 Å². The Morgan fingerprint density at radius 2 is 2.25 bits per heavy atom. The molecule has 1 aliphatic rings. The molecule has 1 unspecified atom stereocenters. The van der Waals surface area contributed by atoms with Gasteiger partial charge in [0.25, 0.3) is 6.47 Å². The van der Waals surface area contributed by atoms with Gasteiger partial charge in [0.15, 0.2) is 0 Å². The van der Waals surface area contributed by atoms with Crippen LogP contribution in [0.2, 0.25) is 0 Å². The molecule has 1 atom stereocenters. The summed E-state index contributed by atoms with van der Waals surface area (Å²) in [5.41, 5.74) is -0.990. The van der Waals surface area contributed by atoms with Crippen molar-refractivity contribution >= 4 is 6.47 Å². The second kappa shape index (κ2) is 3.87. The fourth-order valence-electron chi connectivity index (χ4n) is 1.39. The van der Waals surface area contributed by atoms with E-state index >= 15 is 0 Å². The zero-order valence-electron chi connectivity index (χ0n) is 6.90. The molecule has 0 aliphatic heterocycles. The van der Waals surface area contributed by atoms with E-state index < -0.39 is 5.60 Å². The molecule has 0 aromatic rings. The summed E-state index contributed by atoms with van der Waals surface area (Å²) >= 11 is 0. The van der Waals surface area contributed by atoms with E-state index in [9.17, 15) is 9.90 Å². The van der Waals surface area contributed by atoms with Crippen molar-refractivity contribution in [2.24, 2.45) is 5.92 Å². The Morgan fingerprint density at radius 3 is 2.67 bits per heavy atom. The van der Waals surface area contributed by atoms with Gasteiger partial charge in [-0.1, -0.05) is 0 Å². The first-order chi connectivity index (χ1) is 5.73. The van der Waals surface area contributed by atoms with Crippen LogP contribution in [0.5, 0.6) is 0 Å². The molecule has 0 spiro atoms. The predicted octanol–water partition coefficient (Wildman–Crippen LogP) is -0.317. The topological polar surface area (TPSA) is 66.8 Å². The number of carbonyl (C=O) groups excluding carboxylic acids is 1. The van der Waals surface area contributed by atoms with E-state index in [0.29, 0.717) is 6.47 Å². The molecule has 0 heterocycles. The Kier molecular flexibility index (Phi) is 3.05. The highest BCUT2D eigenvalue weighted by atomic mass is 16.5. The molecule has 0 saturated heterocycles. The third-order valence-corrected chi connectivity index (χ3v) is 2.28. The largest absolute Gasteiger partial charge is 0.465 e. The van der Waals surface area contributed by atoms with E-state index in [0.717, 1.165) is 12.8 Å². The van der Waals surface area contributed by atoms with Crippen molar-refractivity contribution in [2.75, 3.05) is 13.2 Å². The minimum atomic E-state index is -0.990. The average Bonchev–Trinajstić information content (AvgIpc) is 2.84. The quantitative estimate of drug-likeness (QED) is 0.542. The first-order valence-corrected chi connectivity index (χ1v) is 4.11. The third-order valence-electron chi connectivity index (χ3n) is 2.28. The van der Waals surface area contributed by atoms with Crippen LogP contribution in [0.1, 0.15) is 19.3 Å². The lowest BCUT2D eigenvalue weighted by atomic mass is 9.95. The second-order valence-electron chi connectivity index (χ2n) is 3.26. The molecule has 0 radical (unpaired) electrons. The lowest BCUT2D eigenvalue weighted by Crippen LogP contribution is -2.38. The normalized spacial score (nSPS) is 21.5. The van der Waals surface area contributed by atoms with Gasteiger partial charge in [0.05, 0.1) is 0 Å². The monoisotopic (exact) mass is 174 g/mol. The summed E-state index contributed by atoms with van der Waals surface area (Å²) in [7, 11) is 0. The van der Waals surface area contributed by atoms with Crippen molar-refractivity contribution in [1.29, 1.82) is 0 Å². The van der Waals surface area contributed by atoms with Gasteiger partial charge in [-0.2, -0.15) is 0 Å². The molecule has 1 rings (SSSR count). The maximum absolute atomic E-state index is 9.90. The van der Waals surface area contributed by atoms with Gasteiger partial charge in [0, 0.05) is 13.0 Å². The highest BCUT2D eigenvalue weighted by Crippen LogP contribution is 2.41. The first kappa shape index (κ1) is 9.48. The SMILES string of the molecule is O=COCC(O)(CCO)C1CC1. The number of hydrogen-bond acceptors (Lipinski definition) is 4. The molecular formula is C8H14O4. The van der Waals surface area contributed by atoms with Crippen molar-refractivity contribution in [1.82, 2.24) is 0 Å². The van der Waals surface area contributed by atoms with Crippen LogP contribution in [0.25, 0.3) is 0 Å². The number of aliphatic hydroxyl groups excluding tert-OH is 1. The van der Waals surface area contributed by atoms with Gasteiger partial charge < -0.3 is 14.9 Å². The van der Waals surface area contributed by atoms with Crippen molar-refractivity contribution in [2.45, 2.75) is 24.9 Å². The van der Waals surface area contributed by atoms with Gasteiger partial charge in [0.1, 0.15) is 12.2 Å². The van der Waals surface area contributed by atoms with Gasteiger partial charge in [-0.15, -0.1) is 0 Å². The van der Waals surface area contributed by atoms with Crippen LogP contribution in [-0.4, -0.2) is 35.5 Å². The predicted molar refractivity (Wildman–Crippen MR) is 41.4 cm³/mol. The molecule has 0 bridgehead atoms. The second-order valence-corrected chi connectivity index (χ2v) is 3.26. The van der Waals surface area contributed by atoms with Gasteiger partial charge >= 0.3 is 0 Å². The Bertz CT molecular complexity index is 155. The number of aliphatic hydroxyl groups is 2. The molecule has 0 amide bonds. The summed E-state index contributed by atoms with van der Waals surface area (Å²) in [6.07, 6.45) is 2.20. The number of ether oxygens (including phenoxy) is 1. The Morgan fingerprint density at radius 1 is 1.58 bits per heavy atom. The van der Waals surface area contributed by atoms with E-state index in [4.69, 9.17) is 5.11 Å². The zero-order chi connectivity index (χ0) is 9.03. The van der Waals surface area contributed by atoms with Crippen molar-refractivity contribution in [3.63, 3.8) is 0 Å². The van der Waals surface area contributed by atoms with Gasteiger partial charge in [-0.3, -0.25) is 4.79 Å². The molecule has 0 aromatic heterocycles. The molecule has 4 heteroatoms. The number of hydrogen-bond donors (Lipinski definition) is 2. The summed E-state index contributed by atoms with van der Waals surface area (Å²) in [5.74, 6) is 0.199. The van der Waals surface area contributed by atoms with Crippen LogP contribution < -0.4 is 0 Å². The van der Waals surface area contributed by atoms with E-state index in [2.05, 4.69) is 4.74 Å². The summed E-state index contributed by atoms with van der Waals surface area (Å²) in [6, 6.07) is 0. The standard InChI is InChI=1S/C8H14O4/c9-4-3-8(11,5-12-6-10)7-1-2-7/h6-7,9,11H,1-5H2. The third kappa shape index (κ3) is 2.19.